The van der Waals surface area contributed by atoms with E-state index in [4.69, 9.17) is 4.74 Å². The Balaban J connectivity index is 2.42. The molecule has 0 spiro atoms. The van der Waals surface area contributed by atoms with Crippen LogP contribution in [0.4, 0.5) is 0 Å². The molecule has 102 valence electrons. The number of esters is 1. The zero-order valence-corrected chi connectivity index (χ0v) is 11.5. The number of rotatable bonds is 7. The molecule has 0 radical (unpaired) electrons. The van der Waals surface area contributed by atoms with E-state index in [1.165, 1.54) is 16.3 Å². The zero-order chi connectivity index (χ0) is 13.5. The first-order valence-electron chi connectivity index (χ1n) is 5.68. The van der Waals surface area contributed by atoms with E-state index >= 15 is 0 Å². The fraction of sp³-hybridized carbons (Fsp3) is 0.700. The van der Waals surface area contributed by atoms with E-state index in [2.05, 4.69) is 15.5 Å². The van der Waals surface area contributed by atoms with Crippen molar-refractivity contribution in [1.82, 2.24) is 20.1 Å². The summed E-state index contributed by atoms with van der Waals surface area (Å²) in [7, 11) is 3.37. The first-order chi connectivity index (χ1) is 8.60. The van der Waals surface area contributed by atoms with Gasteiger partial charge < -0.3 is 10.1 Å². The van der Waals surface area contributed by atoms with Gasteiger partial charge in [-0.15, -0.1) is 5.10 Å². The van der Waals surface area contributed by atoms with Gasteiger partial charge in [0.15, 0.2) is 5.16 Å². The Morgan fingerprint density at radius 2 is 2.39 bits per heavy atom. The predicted molar refractivity (Wildman–Crippen MR) is 68.7 cm³/mol. The maximum atomic E-state index is 11.5. The highest BCUT2D eigenvalue weighted by molar-refractivity contribution is 7.99. The third-order valence-corrected chi connectivity index (χ3v) is 3.46. The number of nitrogens with one attached hydrogen (secondary N) is 2. The molecule has 0 bridgehead atoms. The van der Waals surface area contributed by atoms with E-state index in [1.54, 1.807) is 21.0 Å². The van der Waals surface area contributed by atoms with Gasteiger partial charge in [-0.25, -0.2) is 9.89 Å². The molecule has 0 aromatic carbocycles. The van der Waals surface area contributed by atoms with E-state index < -0.39 is 0 Å². The summed E-state index contributed by atoms with van der Waals surface area (Å²) in [5.74, 6) is 0.416. The number of H-pyrrole nitrogens is 1. The van der Waals surface area contributed by atoms with Crippen LogP contribution in [0.1, 0.15) is 13.3 Å². The minimum atomic E-state index is -0.326. The van der Waals surface area contributed by atoms with Crippen molar-refractivity contribution in [2.24, 2.45) is 7.05 Å². The fourth-order valence-corrected chi connectivity index (χ4v) is 2.28. The van der Waals surface area contributed by atoms with Crippen LogP contribution in [-0.2, 0) is 16.6 Å². The Bertz CT molecular complexity index is 443. The predicted octanol–water partition coefficient (Wildman–Crippen LogP) is -0.258. The molecule has 0 fully saturated rings. The molecule has 1 aromatic heterocycles. The average Bonchev–Trinajstić information content (AvgIpc) is 2.66. The molecular weight excluding hydrogens is 256 g/mol. The zero-order valence-electron chi connectivity index (χ0n) is 10.7. The van der Waals surface area contributed by atoms with Crippen molar-refractivity contribution in [2.75, 3.05) is 19.4 Å². The third kappa shape index (κ3) is 3.88. The van der Waals surface area contributed by atoms with Gasteiger partial charge in [0.25, 0.3) is 0 Å². The molecule has 8 heteroatoms. The number of nitrogens with zero attached hydrogens (tertiary/aromatic N) is 2. The van der Waals surface area contributed by atoms with Crippen molar-refractivity contribution in [2.45, 2.75) is 24.5 Å². The molecule has 0 amide bonds. The Hall–Kier alpha value is -1.28. The van der Waals surface area contributed by atoms with Gasteiger partial charge in [0.05, 0.1) is 6.61 Å². The van der Waals surface area contributed by atoms with Crippen molar-refractivity contribution in [1.29, 1.82) is 0 Å². The number of thioether (sulfide) groups is 1. The summed E-state index contributed by atoms with van der Waals surface area (Å²) in [5.41, 5.74) is -0.243. The average molecular weight is 274 g/mol. The van der Waals surface area contributed by atoms with Crippen molar-refractivity contribution in [3.05, 3.63) is 10.5 Å². The number of hydrogen-bond acceptors (Lipinski definition) is 6. The molecular formula is C10H18N4O3S. The summed E-state index contributed by atoms with van der Waals surface area (Å²) >= 11 is 1.42. The molecule has 0 aliphatic heterocycles. The monoisotopic (exact) mass is 274 g/mol. The number of aromatic amines is 1. The van der Waals surface area contributed by atoms with E-state index in [0.29, 0.717) is 23.9 Å². The second kappa shape index (κ2) is 7.22. The summed E-state index contributed by atoms with van der Waals surface area (Å²) in [6.07, 6.45) is 0.612. The second-order valence-corrected chi connectivity index (χ2v) is 4.66. The van der Waals surface area contributed by atoms with Crippen molar-refractivity contribution in [3.63, 3.8) is 0 Å². The quantitative estimate of drug-likeness (QED) is 0.526. The lowest BCUT2D eigenvalue weighted by Gasteiger charge is -2.13. The summed E-state index contributed by atoms with van der Waals surface area (Å²) < 4.78 is 6.37. The lowest BCUT2D eigenvalue weighted by Crippen LogP contribution is -2.36. The highest BCUT2D eigenvalue weighted by Gasteiger charge is 2.17. The van der Waals surface area contributed by atoms with E-state index in [-0.39, 0.29) is 17.7 Å². The lowest BCUT2D eigenvalue weighted by molar-refractivity contribution is -0.145. The van der Waals surface area contributed by atoms with Gasteiger partial charge in [0, 0.05) is 12.8 Å². The normalized spacial score (nSPS) is 12.4. The van der Waals surface area contributed by atoms with Crippen LogP contribution in [0, 0.1) is 0 Å². The van der Waals surface area contributed by atoms with Crippen molar-refractivity contribution in [3.8, 4) is 0 Å². The highest BCUT2D eigenvalue weighted by Crippen LogP contribution is 2.14. The maximum absolute atomic E-state index is 11.5. The smallest absolute Gasteiger partial charge is 0.343 e. The van der Waals surface area contributed by atoms with Gasteiger partial charge in [-0.3, -0.25) is 9.36 Å². The fourth-order valence-electron chi connectivity index (χ4n) is 1.35. The Labute approximate surface area is 109 Å². The van der Waals surface area contributed by atoms with E-state index in [0.717, 1.165) is 0 Å². The molecule has 0 saturated heterocycles. The third-order valence-electron chi connectivity index (χ3n) is 2.40. The molecule has 1 aromatic rings. The van der Waals surface area contributed by atoms with Crippen LogP contribution >= 0.6 is 11.8 Å². The molecule has 1 heterocycles. The number of ether oxygens (including phenoxy) is 1. The van der Waals surface area contributed by atoms with Crippen LogP contribution in [0.2, 0.25) is 0 Å². The van der Waals surface area contributed by atoms with Gasteiger partial charge in [-0.1, -0.05) is 11.8 Å². The largest absolute Gasteiger partial charge is 0.465 e. The molecule has 2 N–H and O–H groups in total. The molecule has 1 rings (SSSR count). The number of likely N-dealkylation sites (N-methyl/N-ethyl adjacent to an activating group) is 1. The minimum absolute atomic E-state index is 0.243. The van der Waals surface area contributed by atoms with Crippen LogP contribution in [0.3, 0.4) is 0 Å². The SMILES string of the molecule is CCOC(=O)C(CCSc1n[nH]c(=O)n1C)NC. The summed E-state index contributed by atoms with van der Waals surface area (Å²) in [5, 5.41) is 9.75. The summed E-state index contributed by atoms with van der Waals surface area (Å²) in [6.45, 7) is 2.15. The minimum Gasteiger partial charge on any atom is -0.465 e. The number of carbonyl (C=O) groups excluding carboxylic acids is 1. The first kappa shape index (κ1) is 14.8. The molecule has 1 unspecified atom stereocenters. The number of carbonyl (C=O) groups is 1. The van der Waals surface area contributed by atoms with Crippen LogP contribution in [0.5, 0.6) is 0 Å². The summed E-state index contributed by atoms with van der Waals surface area (Å²) in [4.78, 5) is 22.6. The van der Waals surface area contributed by atoms with Crippen LogP contribution in [0.15, 0.2) is 9.95 Å². The first-order valence-corrected chi connectivity index (χ1v) is 6.66. The standard InChI is InChI=1S/C10H18N4O3S/c1-4-17-8(15)7(11-2)5-6-18-10-13-12-9(16)14(10)3/h7,11H,4-6H2,1-3H3,(H,12,16). The van der Waals surface area contributed by atoms with Crippen LogP contribution in [-0.4, -0.2) is 46.2 Å². The summed E-state index contributed by atoms with van der Waals surface area (Å²) in [6, 6.07) is -0.326. The highest BCUT2D eigenvalue weighted by atomic mass is 32.2. The number of hydrogen-bond donors (Lipinski definition) is 2. The number of aromatic nitrogens is 3. The van der Waals surface area contributed by atoms with Gasteiger partial charge in [-0.2, -0.15) is 0 Å². The van der Waals surface area contributed by atoms with Crippen LogP contribution in [0.25, 0.3) is 0 Å². The molecule has 0 aliphatic carbocycles. The van der Waals surface area contributed by atoms with E-state index in [1.807, 2.05) is 0 Å². The molecule has 1 atom stereocenters. The van der Waals surface area contributed by atoms with Crippen LogP contribution < -0.4 is 11.0 Å². The topological polar surface area (TPSA) is 89.0 Å². The molecule has 18 heavy (non-hydrogen) atoms. The molecule has 7 nitrogen and oxygen atoms in total. The van der Waals surface area contributed by atoms with Gasteiger partial charge in [0.1, 0.15) is 6.04 Å². The second-order valence-electron chi connectivity index (χ2n) is 3.60. The van der Waals surface area contributed by atoms with Gasteiger partial charge in [-0.05, 0) is 20.4 Å². The lowest BCUT2D eigenvalue weighted by atomic mass is 10.2. The van der Waals surface area contributed by atoms with Gasteiger partial charge in [0.2, 0.25) is 0 Å². The van der Waals surface area contributed by atoms with Gasteiger partial charge >= 0.3 is 11.7 Å². The Morgan fingerprint density at radius 3 is 2.89 bits per heavy atom. The maximum Gasteiger partial charge on any atom is 0.343 e. The molecule has 0 aliphatic rings. The van der Waals surface area contributed by atoms with E-state index in [9.17, 15) is 9.59 Å². The Kier molecular flexibility index (Phi) is 5.93. The van der Waals surface area contributed by atoms with Crippen molar-refractivity contribution >= 4 is 17.7 Å². The molecule has 0 saturated carbocycles. The Morgan fingerprint density at radius 1 is 1.67 bits per heavy atom. The van der Waals surface area contributed by atoms with Crippen molar-refractivity contribution < 1.29 is 9.53 Å².